The molecule has 2 aliphatic rings. The molecular formula is C22H21F5N6. The molecule has 4 atom stereocenters. The first-order valence-corrected chi connectivity index (χ1v) is 10.6. The maximum Gasteiger partial charge on any atom is 0.257 e. The Morgan fingerprint density at radius 3 is 2.88 bits per heavy atom. The van der Waals surface area contributed by atoms with E-state index in [0.29, 0.717) is 28.1 Å². The van der Waals surface area contributed by atoms with Crippen LogP contribution in [0.3, 0.4) is 0 Å². The molecular weight excluding hydrogens is 443 g/mol. The summed E-state index contributed by atoms with van der Waals surface area (Å²) in [6, 6.07) is 2.62. The Kier molecular flexibility index (Phi) is 5.41. The zero-order valence-corrected chi connectivity index (χ0v) is 17.6. The molecule has 4 heterocycles. The standard InChI is InChI=1S/C22H21F5N6/c1-11-4-13(23)6-15(20(11)27)18-7-14(24)9-33(18)22-16-5-12(8-28-21(16)29-30-22)17-2-3-32(31-17)10-19(25)26/h2-6,8,11,14,18-20H,7,9-10H2,1H3,(H,28,29,30)/t11?,14-,18+,20?/m0/s1. The van der Waals surface area contributed by atoms with Crippen molar-refractivity contribution in [1.82, 2.24) is 25.0 Å². The monoisotopic (exact) mass is 464 g/mol. The van der Waals surface area contributed by atoms with Gasteiger partial charge < -0.3 is 4.90 Å². The van der Waals surface area contributed by atoms with Gasteiger partial charge in [-0.25, -0.2) is 26.9 Å². The van der Waals surface area contributed by atoms with Crippen molar-refractivity contribution in [3.8, 4) is 11.3 Å². The minimum atomic E-state index is -2.53. The Morgan fingerprint density at radius 2 is 2.09 bits per heavy atom. The number of halogens is 5. The molecule has 1 aliphatic carbocycles. The van der Waals surface area contributed by atoms with Crippen LogP contribution in [0.15, 0.2) is 48.1 Å². The molecule has 6 nitrogen and oxygen atoms in total. The van der Waals surface area contributed by atoms with Gasteiger partial charge in [0, 0.05) is 30.3 Å². The predicted octanol–water partition coefficient (Wildman–Crippen LogP) is 4.77. The van der Waals surface area contributed by atoms with Gasteiger partial charge in [0.25, 0.3) is 6.43 Å². The zero-order valence-electron chi connectivity index (χ0n) is 17.6. The van der Waals surface area contributed by atoms with Crippen LogP contribution in [0.5, 0.6) is 0 Å². The minimum Gasteiger partial charge on any atom is -0.345 e. The van der Waals surface area contributed by atoms with Gasteiger partial charge in [-0.1, -0.05) is 6.92 Å². The summed E-state index contributed by atoms with van der Waals surface area (Å²) in [6.07, 6.45) is 0.165. The molecule has 3 aromatic heterocycles. The highest BCUT2D eigenvalue weighted by molar-refractivity contribution is 5.91. The second-order valence-electron chi connectivity index (χ2n) is 8.44. The number of nitrogens with one attached hydrogen (secondary N) is 1. The van der Waals surface area contributed by atoms with Crippen LogP contribution >= 0.6 is 0 Å². The van der Waals surface area contributed by atoms with Gasteiger partial charge in [-0.2, -0.15) is 10.2 Å². The summed E-state index contributed by atoms with van der Waals surface area (Å²) in [5.41, 5.74) is 1.62. The molecule has 5 rings (SSSR count). The van der Waals surface area contributed by atoms with Gasteiger partial charge in [0.2, 0.25) is 0 Å². The molecule has 11 heteroatoms. The summed E-state index contributed by atoms with van der Waals surface area (Å²) in [5.74, 6) is -0.825. The summed E-state index contributed by atoms with van der Waals surface area (Å²) >= 11 is 0. The molecule has 33 heavy (non-hydrogen) atoms. The maximum atomic E-state index is 15.0. The highest BCUT2D eigenvalue weighted by Gasteiger charge is 2.41. The largest absolute Gasteiger partial charge is 0.345 e. The molecule has 174 valence electrons. The molecule has 1 fully saturated rings. The summed E-state index contributed by atoms with van der Waals surface area (Å²) in [4.78, 5) is 5.95. The van der Waals surface area contributed by atoms with E-state index in [0.717, 1.165) is 10.8 Å². The molecule has 1 saturated heterocycles. The van der Waals surface area contributed by atoms with E-state index in [2.05, 4.69) is 20.3 Å². The molecule has 3 aromatic rings. The third-order valence-electron chi connectivity index (χ3n) is 6.07. The quantitative estimate of drug-likeness (QED) is 0.553. The van der Waals surface area contributed by atoms with E-state index in [1.807, 2.05) is 0 Å². The summed E-state index contributed by atoms with van der Waals surface area (Å²) in [6.45, 7) is 1.03. The summed E-state index contributed by atoms with van der Waals surface area (Å²) in [7, 11) is 0. The summed E-state index contributed by atoms with van der Waals surface area (Å²) < 4.78 is 70.0. The van der Waals surface area contributed by atoms with Crippen LogP contribution in [0, 0.1) is 5.92 Å². The Labute approximate surface area is 185 Å². The minimum absolute atomic E-state index is 0.0196. The number of allylic oxidation sites excluding steroid dienone is 3. The number of hydrogen-bond acceptors (Lipinski definition) is 4. The van der Waals surface area contributed by atoms with Crippen molar-refractivity contribution in [3.63, 3.8) is 0 Å². The van der Waals surface area contributed by atoms with Gasteiger partial charge >= 0.3 is 0 Å². The number of H-pyrrole nitrogens is 1. The second-order valence-corrected chi connectivity index (χ2v) is 8.44. The highest BCUT2D eigenvalue weighted by Crippen LogP contribution is 2.39. The molecule has 0 bridgehead atoms. The van der Waals surface area contributed by atoms with Gasteiger partial charge in [-0.15, -0.1) is 0 Å². The first kappa shape index (κ1) is 21.6. The van der Waals surface area contributed by atoms with Crippen LogP contribution in [0.1, 0.15) is 13.3 Å². The number of alkyl halides is 4. The smallest absolute Gasteiger partial charge is 0.257 e. The van der Waals surface area contributed by atoms with Crippen molar-refractivity contribution >= 4 is 16.9 Å². The van der Waals surface area contributed by atoms with Gasteiger partial charge in [0.05, 0.1) is 23.7 Å². The van der Waals surface area contributed by atoms with Crippen molar-refractivity contribution in [2.75, 3.05) is 11.4 Å². The fourth-order valence-electron chi connectivity index (χ4n) is 4.55. The molecule has 0 amide bonds. The number of hydrogen-bond donors (Lipinski definition) is 1. The summed E-state index contributed by atoms with van der Waals surface area (Å²) in [5, 5.41) is 11.8. The Hall–Kier alpha value is -3.24. The number of pyridine rings is 1. The fourth-order valence-corrected chi connectivity index (χ4v) is 4.55. The van der Waals surface area contributed by atoms with Gasteiger partial charge in [-0.05, 0) is 29.9 Å². The van der Waals surface area contributed by atoms with E-state index < -0.39 is 43.1 Å². The van der Waals surface area contributed by atoms with Gasteiger partial charge in [0.15, 0.2) is 11.5 Å². The number of rotatable bonds is 5. The molecule has 2 unspecified atom stereocenters. The lowest BCUT2D eigenvalue weighted by Crippen LogP contribution is -2.36. The molecule has 0 radical (unpaired) electrons. The average Bonchev–Trinajstić information content (AvgIpc) is 3.47. The van der Waals surface area contributed by atoms with Crippen molar-refractivity contribution < 1.29 is 22.0 Å². The fraction of sp³-hybridized carbons (Fsp3) is 0.409. The first-order chi connectivity index (χ1) is 15.8. The van der Waals surface area contributed by atoms with E-state index in [1.54, 1.807) is 24.0 Å². The highest BCUT2D eigenvalue weighted by atomic mass is 19.3. The molecule has 0 aromatic carbocycles. The molecule has 1 aliphatic heterocycles. The lowest BCUT2D eigenvalue weighted by Gasteiger charge is -2.31. The number of aromatic amines is 1. The van der Waals surface area contributed by atoms with E-state index >= 15 is 0 Å². The number of nitrogens with zero attached hydrogens (tertiary/aromatic N) is 5. The lowest BCUT2D eigenvalue weighted by molar-refractivity contribution is 0.122. The van der Waals surface area contributed by atoms with E-state index in [4.69, 9.17) is 0 Å². The van der Waals surface area contributed by atoms with Crippen molar-refractivity contribution in [2.45, 2.75) is 44.7 Å². The zero-order chi connectivity index (χ0) is 23.3. The molecule has 0 saturated carbocycles. The van der Waals surface area contributed by atoms with Crippen LogP contribution in [-0.2, 0) is 6.54 Å². The van der Waals surface area contributed by atoms with Gasteiger partial charge in [0.1, 0.15) is 24.7 Å². The van der Waals surface area contributed by atoms with Crippen LogP contribution in [0.25, 0.3) is 22.3 Å². The van der Waals surface area contributed by atoms with Gasteiger partial charge in [-0.3, -0.25) is 9.78 Å². The average molecular weight is 464 g/mol. The van der Waals surface area contributed by atoms with E-state index in [1.165, 1.54) is 18.5 Å². The van der Waals surface area contributed by atoms with Crippen molar-refractivity contribution in [2.24, 2.45) is 5.92 Å². The Balaban J connectivity index is 1.52. The normalized spacial score (nSPS) is 25.7. The molecule has 0 spiro atoms. The number of anilines is 1. The SMILES string of the molecule is CC1C=C(F)C=C([C@H]2C[C@H](F)CN2c2n[nH]c3ncc(-c4ccn(CC(F)F)n4)cc23)C1F. The van der Waals surface area contributed by atoms with Crippen molar-refractivity contribution in [3.05, 3.63) is 48.1 Å². The van der Waals surface area contributed by atoms with Crippen LogP contribution in [0.2, 0.25) is 0 Å². The second kappa shape index (κ2) is 8.27. The topological polar surface area (TPSA) is 62.6 Å². The lowest BCUT2D eigenvalue weighted by atomic mass is 9.87. The molecule has 1 N–H and O–H groups in total. The van der Waals surface area contributed by atoms with Crippen LogP contribution in [-0.4, -0.2) is 56.3 Å². The van der Waals surface area contributed by atoms with E-state index in [-0.39, 0.29) is 18.5 Å². The Bertz CT molecular complexity index is 1230. The number of aromatic nitrogens is 5. The third kappa shape index (κ3) is 4.00. The van der Waals surface area contributed by atoms with Crippen molar-refractivity contribution in [1.29, 1.82) is 0 Å². The van der Waals surface area contributed by atoms with Crippen LogP contribution in [0.4, 0.5) is 27.8 Å². The Morgan fingerprint density at radius 1 is 1.27 bits per heavy atom. The number of fused-ring (bicyclic) bond motifs is 1. The van der Waals surface area contributed by atoms with Crippen LogP contribution < -0.4 is 4.90 Å². The van der Waals surface area contributed by atoms with E-state index in [9.17, 15) is 22.0 Å². The first-order valence-electron chi connectivity index (χ1n) is 10.6. The maximum absolute atomic E-state index is 15.0. The predicted molar refractivity (Wildman–Crippen MR) is 113 cm³/mol. The third-order valence-corrected chi connectivity index (χ3v) is 6.07.